The van der Waals surface area contributed by atoms with Crippen molar-refractivity contribution in [3.05, 3.63) is 48.0 Å². The maximum atomic E-state index is 13.1. The van der Waals surface area contributed by atoms with Gasteiger partial charge in [-0.2, -0.15) is 0 Å². The molecule has 0 bridgehead atoms. The highest BCUT2D eigenvalue weighted by Gasteiger charge is 2.14. The lowest BCUT2D eigenvalue weighted by Gasteiger charge is -2.11. The zero-order valence-corrected chi connectivity index (χ0v) is 11.7. The Bertz CT molecular complexity index is 779. The molecule has 0 aromatic heterocycles. The van der Waals surface area contributed by atoms with Crippen LogP contribution in [0.3, 0.4) is 0 Å². The highest BCUT2D eigenvalue weighted by molar-refractivity contribution is 7.89. The first kappa shape index (κ1) is 15.2. The molecule has 3 N–H and O–H groups in total. The lowest BCUT2D eigenvalue weighted by Crippen LogP contribution is -2.18. The van der Waals surface area contributed by atoms with Gasteiger partial charge in [-0.05, 0) is 31.3 Å². The summed E-state index contributed by atoms with van der Waals surface area (Å²) in [6.07, 6.45) is 0. The fourth-order valence-electron chi connectivity index (χ4n) is 1.56. The molecule has 0 radical (unpaired) electrons. The first-order valence-corrected chi connectivity index (χ1v) is 7.28. The highest BCUT2D eigenvalue weighted by Crippen LogP contribution is 2.30. The van der Waals surface area contributed by atoms with Crippen molar-refractivity contribution >= 4 is 15.7 Å². The number of sulfonamides is 1. The molecule has 8 heteroatoms. The number of rotatable bonds is 4. The number of benzene rings is 2. The molecule has 2 aromatic rings. The van der Waals surface area contributed by atoms with E-state index in [0.717, 1.165) is 12.1 Å². The normalized spacial score (nSPS) is 11.4. The average Bonchev–Trinajstić information content (AvgIpc) is 2.45. The summed E-state index contributed by atoms with van der Waals surface area (Å²) in [6, 6.07) is 6.79. The molecule has 0 saturated carbocycles. The molecule has 112 valence electrons. The van der Waals surface area contributed by atoms with E-state index >= 15 is 0 Å². The molecule has 0 unspecified atom stereocenters. The molecule has 0 amide bonds. The van der Waals surface area contributed by atoms with Crippen molar-refractivity contribution in [1.29, 1.82) is 0 Å². The van der Waals surface area contributed by atoms with Gasteiger partial charge in [-0.15, -0.1) is 0 Å². The zero-order chi connectivity index (χ0) is 15.6. The van der Waals surface area contributed by atoms with Gasteiger partial charge in [0.2, 0.25) is 10.0 Å². The van der Waals surface area contributed by atoms with E-state index in [-0.39, 0.29) is 22.1 Å². The lowest BCUT2D eigenvalue weighted by molar-refractivity contribution is 0.462. The number of anilines is 1. The van der Waals surface area contributed by atoms with E-state index in [1.54, 1.807) is 0 Å². The summed E-state index contributed by atoms with van der Waals surface area (Å²) < 4.78 is 56.8. The molecule has 0 saturated heterocycles. The number of hydrogen-bond acceptors (Lipinski definition) is 4. The van der Waals surface area contributed by atoms with Gasteiger partial charge in [0.05, 0.1) is 10.6 Å². The largest absolute Gasteiger partial charge is 0.455 e. The van der Waals surface area contributed by atoms with E-state index in [0.29, 0.717) is 0 Å². The van der Waals surface area contributed by atoms with Gasteiger partial charge in [0.25, 0.3) is 0 Å². The number of nitrogens with one attached hydrogen (secondary N) is 1. The molecule has 0 aliphatic rings. The van der Waals surface area contributed by atoms with Crippen molar-refractivity contribution < 1.29 is 21.9 Å². The summed E-state index contributed by atoms with van der Waals surface area (Å²) >= 11 is 0. The second-order valence-corrected chi connectivity index (χ2v) is 5.97. The van der Waals surface area contributed by atoms with Crippen LogP contribution in [0.1, 0.15) is 0 Å². The van der Waals surface area contributed by atoms with E-state index in [1.165, 1.54) is 31.3 Å². The molecule has 0 spiro atoms. The van der Waals surface area contributed by atoms with Crippen LogP contribution in [0.25, 0.3) is 0 Å². The Morgan fingerprint density at radius 1 is 1.10 bits per heavy atom. The summed E-state index contributed by atoms with van der Waals surface area (Å²) in [5.74, 6) is -2.07. The summed E-state index contributed by atoms with van der Waals surface area (Å²) in [6.45, 7) is 0. The number of halogens is 2. The zero-order valence-electron chi connectivity index (χ0n) is 10.9. The number of nitrogens with two attached hydrogens (primary N) is 1. The lowest BCUT2D eigenvalue weighted by atomic mass is 10.3. The topological polar surface area (TPSA) is 81.4 Å². The van der Waals surface area contributed by atoms with E-state index in [2.05, 4.69) is 4.72 Å². The quantitative estimate of drug-likeness (QED) is 0.848. The number of nitrogen functional groups attached to an aromatic ring is 1. The van der Waals surface area contributed by atoms with Gasteiger partial charge in [0.15, 0.2) is 17.4 Å². The van der Waals surface area contributed by atoms with Crippen molar-refractivity contribution in [2.75, 3.05) is 12.8 Å². The summed E-state index contributed by atoms with van der Waals surface area (Å²) in [5, 5.41) is 0. The fraction of sp³-hybridized carbons (Fsp3) is 0.0769. The third kappa shape index (κ3) is 3.29. The first-order valence-electron chi connectivity index (χ1n) is 5.79. The van der Waals surface area contributed by atoms with Gasteiger partial charge >= 0.3 is 0 Å². The first-order chi connectivity index (χ1) is 9.83. The third-order valence-electron chi connectivity index (χ3n) is 2.68. The molecule has 0 fully saturated rings. The molecule has 0 aliphatic carbocycles. The Labute approximate surface area is 120 Å². The van der Waals surface area contributed by atoms with Crippen LogP contribution < -0.4 is 15.2 Å². The Kier molecular flexibility index (Phi) is 4.10. The predicted octanol–water partition coefficient (Wildman–Crippen LogP) is 2.25. The van der Waals surface area contributed by atoms with Crippen LogP contribution in [0.2, 0.25) is 0 Å². The highest BCUT2D eigenvalue weighted by atomic mass is 32.2. The van der Waals surface area contributed by atoms with Crippen LogP contribution in [0, 0.1) is 11.6 Å². The molecular formula is C13H12F2N2O3S. The van der Waals surface area contributed by atoms with E-state index < -0.39 is 21.7 Å². The Morgan fingerprint density at radius 3 is 2.43 bits per heavy atom. The van der Waals surface area contributed by atoms with Crippen molar-refractivity contribution in [3.8, 4) is 11.5 Å². The Morgan fingerprint density at radius 2 is 1.81 bits per heavy atom. The third-order valence-corrected chi connectivity index (χ3v) is 4.09. The molecule has 0 atom stereocenters. The van der Waals surface area contributed by atoms with E-state index in [9.17, 15) is 17.2 Å². The average molecular weight is 314 g/mol. The van der Waals surface area contributed by atoms with Gasteiger partial charge < -0.3 is 10.5 Å². The molecule has 0 aliphatic heterocycles. The maximum absolute atomic E-state index is 13.1. The van der Waals surface area contributed by atoms with Crippen LogP contribution in [0.15, 0.2) is 41.3 Å². The minimum absolute atomic E-state index is 0.000365. The van der Waals surface area contributed by atoms with Gasteiger partial charge in [-0.1, -0.05) is 0 Å². The SMILES string of the molecule is CNS(=O)(=O)c1ccc(N)c(Oc2ccc(F)c(F)c2)c1. The van der Waals surface area contributed by atoms with Gasteiger partial charge in [-0.3, -0.25) is 0 Å². The van der Waals surface area contributed by atoms with Crippen molar-refractivity contribution in [2.24, 2.45) is 0 Å². The van der Waals surface area contributed by atoms with Crippen LogP contribution in [0.5, 0.6) is 11.5 Å². The summed E-state index contributed by atoms with van der Waals surface area (Å²) in [5.41, 5.74) is 5.84. The van der Waals surface area contributed by atoms with E-state index in [1.807, 2.05) is 0 Å². The van der Waals surface area contributed by atoms with Crippen molar-refractivity contribution in [2.45, 2.75) is 4.90 Å². The fourth-order valence-corrected chi connectivity index (χ4v) is 2.30. The number of hydrogen-bond donors (Lipinski definition) is 2. The monoisotopic (exact) mass is 314 g/mol. The molecule has 5 nitrogen and oxygen atoms in total. The maximum Gasteiger partial charge on any atom is 0.240 e. The predicted molar refractivity (Wildman–Crippen MR) is 73.5 cm³/mol. The Balaban J connectivity index is 2.39. The molecule has 2 rings (SSSR count). The van der Waals surface area contributed by atoms with Crippen LogP contribution in [-0.4, -0.2) is 15.5 Å². The van der Waals surface area contributed by atoms with Crippen LogP contribution in [0.4, 0.5) is 14.5 Å². The second-order valence-electron chi connectivity index (χ2n) is 4.09. The number of ether oxygens (including phenoxy) is 1. The minimum atomic E-state index is -3.66. The Hall–Kier alpha value is -2.19. The van der Waals surface area contributed by atoms with Crippen molar-refractivity contribution in [1.82, 2.24) is 4.72 Å². The summed E-state index contributed by atoms with van der Waals surface area (Å²) in [7, 11) is -2.40. The standard InChI is InChI=1S/C13H12F2N2O3S/c1-17-21(18,19)9-3-5-12(16)13(7-9)20-8-2-4-10(14)11(15)6-8/h2-7,17H,16H2,1H3. The minimum Gasteiger partial charge on any atom is -0.455 e. The van der Waals surface area contributed by atoms with Gasteiger partial charge in [0, 0.05) is 12.1 Å². The molecule has 0 heterocycles. The molecular weight excluding hydrogens is 302 g/mol. The molecule has 2 aromatic carbocycles. The smallest absolute Gasteiger partial charge is 0.240 e. The summed E-state index contributed by atoms with van der Waals surface area (Å²) in [4.78, 5) is -0.0585. The van der Waals surface area contributed by atoms with Crippen molar-refractivity contribution in [3.63, 3.8) is 0 Å². The van der Waals surface area contributed by atoms with Crippen LogP contribution in [-0.2, 0) is 10.0 Å². The molecule has 21 heavy (non-hydrogen) atoms. The second kappa shape index (κ2) is 5.66. The van der Waals surface area contributed by atoms with Gasteiger partial charge in [0.1, 0.15) is 5.75 Å². The van der Waals surface area contributed by atoms with Crippen LogP contribution >= 0.6 is 0 Å². The van der Waals surface area contributed by atoms with E-state index in [4.69, 9.17) is 10.5 Å². The van der Waals surface area contributed by atoms with Gasteiger partial charge in [-0.25, -0.2) is 21.9 Å².